The molecule has 0 radical (unpaired) electrons. The Morgan fingerprint density at radius 2 is 2.25 bits per heavy atom. The summed E-state index contributed by atoms with van der Waals surface area (Å²) in [6.45, 7) is 2.26. The average molecular weight is 281 g/mol. The molecule has 108 valence electrons. The number of amides is 1. The number of piperidine rings is 1. The van der Waals surface area contributed by atoms with E-state index in [4.69, 9.17) is 5.73 Å². The van der Waals surface area contributed by atoms with Gasteiger partial charge in [0.25, 0.3) is 11.6 Å². The van der Waals surface area contributed by atoms with Crippen molar-refractivity contribution in [2.75, 3.05) is 6.54 Å². The molecule has 2 rings (SSSR count). The number of carbonyl (C=O) groups excluding carboxylic acids is 1. The minimum atomic E-state index is -0.674. The smallest absolute Gasteiger partial charge is 0.282 e. The Labute approximate surface area is 115 Å². The van der Waals surface area contributed by atoms with Crippen molar-refractivity contribution in [1.29, 1.82) is 0 Å². The third-order valence-corrected chi connectivity index (χ3v) is 3.56. The number of carbonyl (C=O) groups is 1. The SMILES string of the molecule is CC1CC(N)CCN1C(=O)c1cc(F)ccc1[N+](=O)[O-]. The number of nitro benzene ring substituents is 1. The van der Waals surface area contributed by atoms with Gasteiger partial charge in [-0.3, -0.25) is 14.9 Å². The van der Waals surface area contributed by atoms with Crippen LogP contribution < -0.4 is 5.73 Å². The average Bonchev–Trinajstić information content (AvgIpc) is 2.37. The van der Waals surface area contributed by atoms with Crippen LogP contribution in [0.1, 0.15) is 30.1 Å². The molecular formula is C13H16FN3O3. The summed E-state index contributed by atoms with van der Waals surface area (Å²) in [6, 6.07) is 2.82. The number of rotatable bonds is 2. The van der Waals surface area contributed by atoms with Gasteiger partial charge in [0, 0.05) is 24.7 Å². The van der Waals surface area contributed by atoms with Crippen molar-refractivity contribution in [3.8, 4) is 0 Å². The van der Waals surface area contributed by atoms with Crippen molar-refractivity contribution in [3.63, 3.8) is 0 Å². The van der Waals surface area contributed by atoms with Gasteiger partial charge in [-0.15, -0.1) is 0 Å². The molecule has 6 nitrogen and oxygen atoms in total. The maximum atomic E-state index is 13.3. The lowest BCUT2D eigenvalue weighted by Crippen LogP contribution is -2.48. The monoisotopic (exact) mass is 281 g/mol. The molecule has 1 aliphatic heterocycles. The van der Waals surface area contributed by atoms with Crippen molar-refractivity contribution >= 4 is 11.6 Å². The van der Waals surface area contributed by atoms with Crippen molar-refractivity contribution in [1.82, 2.24) is 4.90 Å². The molecule has 7 heteroatoms. The lowest BCUT2D eigenvalue weighted by molar-refractivity contribution is -0.385. The van der Waals surface area contributed by atoms with E-state index >= 15 is 0 Å². The van der Waals surface area contributed by atoms with Gasteiger partial charge in [0.05, 0.1) is 4.92 Å². The molecule has 0 spiro atoms. The molecule has 1 aromatic rings. The van der Waals surface area contributed by atoms with Crippen molar-refractivity contribution in [2.45, 2.75) is 31.8 Å². The van der Waals surface area contributed by atoms with E-state index in [-0.39, 0.29) is 23.3 Å². The van der Waals surface area contributed by atoms with Gasteiger partial charge in [-0.1, -0.05) is 0 Å². The number of hydrogen-bond acceptors (Lipinski definition) is 4. The predicted octanol–water partition coefficient (Wildman–Crippen LogP) is 1.69. The molecule has 0 saturated carbocycles. The number of nitrogens with zero attached hydrogens (tertiary/aromatic N) is 2. The highest BCUT2D eigenvalue weighted by molar-refractivity contribution is 5.98. The van der Waals surface area contributed by atoms with Gasteiger partial charge in [-0.2, -0.15) is 0 Å². The van der Waals surface area contributed by atoms with Crippen LogP contribution in [-0.2, 0) is 0 Å². The summed E-state index contributed by atoms with van der Waals surface area (Å²) in [7, 11) is 0. The zero-order valence-electron chi connectivity index (χ0n) is 11.1. The van der Waals surface area contributed by atoms with Crippen LogP contribution in [0.4, 0.5) is 10.1 Å². The molecule has 0 aromatic heterocycles. The van der Waals surface area contributed by atoms with Gasteiger partial charge in [0.15, 0.2) is 0 Å². The van der Waals surface area contributed by atoms with Crippen LogP contribution in [0.15, 0.2) is 18.2 Å². The number of likely N-dealkylation sites (tertiary alicyclic amines) is 1. The third-order valence-electron chi connectivity index (χ3n) is 3.56. The van der Waals surface area contributed by atoms with Crippen LogP contribution in [0.5, 0.6) is 0 Å². The zero-order chi connectivity index (χ0) is 14.9. The van der Waals surface area contributed by atoms with Crippen LogP contribution in [0.3, 0.4) is 0 Å². The Hall–Kier alpha value is -2.02. The number of hydrogen-bond donors (Lipinski definition) is 1. The molecule has 1 fully saturated rings. The number of benzene rings is 1. The molecular weight excluding hydrogens is 265 g/mol. The topological polar surface area (TPSA) is 89.5 Å². The summed E-state index contributed by atoms with van der Waals surface area (Å²) in [5.74, 6) is -1.18. The van der Waals surface area contributed by atoms with Gasteiger partial charge in [-0.25, -0.2) is 4.39 Å². The van der Waals surface area contributed by atoms with Gasteiger partial charge < -0.3 is 10.6 Å². The molecule has 1 amide bonds. The summed E-state index contributed by atoms with van der Waals surface area (Å²) in [4.78, 5) is 24.2. The molecule has 0 aliphatic carbocycles. The summed E-state index contributed by atoms with van der Waals surface area (Å²) in [5, 5.41) is 10.9. The number of nitrogens with two attached hydrogens (primary N) is 1. The standard InChI is InChI=1S/C13H16FN3O3/c1-8-6-10(15)4-5-16(8)13(18)11-7-9(14)2-3-12(11)17(19)20/h2-3,7-8,10H,4-6,15H2,1H3. The van der Waals surface area contributed by atoms with E-state index in [0.29, 0.717) is 19.4 Å². The fraction of sp³-hybridized carbons (Fsp3) is 0.462. The maximum Gasteiger partial charge on any atom is 0.282 e. The molecule has 20 heavy (non-hydrogen) atoms. The van der Waals surface area contributed by atoms with Gasteiger partial charge >= 0.3 is 0 Å². The van der Waals surface area contributed by atoms with E-state index in [9.17, 15) is 19.3 Å². The first-order valence-electron chi connectivity index (χ1n) is 6.40. The van der Waals surface area contributed by atoms with Crippen molar-refractivity contribution < 1.29 is 14.1 Å². The van der Waals surface area contributed by atoms with Crippen LogP contribution in [0.2, 0.25) is 0 Å². The lowest BCUT2D eigenvalue weighted by atomic mass is 9.98. The second kappa shape index (κ2) is 5.54. The number of halogens is 1. The minimum Gasteiger partial charge on any atom is -0.336 e. The molecule has 1 saturated heterocycles. The molecule has 1 heterocycles. The van der Waals surface area contributed by atoms with E-state index in [1.807, 2.05) is 6.92 Å². The van der Waals surface area contributed by atoms with Crippen LogP contribution in [-0.4, -0.2) is 34.4 Å². The molecule has 1 aromatic carbocycles. The fourth-order valence-corrected chi connectivity index (χ4v) is 2.50. The summed E-state index contributed by atoms with van der Waals surface area (Å²) in [6.07, 6.45) is 1.27. The first kappa shape index (κ1) is 14.4. The Kier molecular flexibility index (Phi) is 3.99. The second-order valence-corrected chi connectivity index (χ2v) is 5.05. The van der Waals surface area contributed by atoms with Gasteiger partial charge in [0.1, 0.15) is 11.4 Å². The zero-order valence-corrected chi connectivity index (χ0v) is 11.1. The van der Waals surface area contributed by atoms with Crippen molar-refractivity contribution in [3.05, 3.63) is 39.7 Å². The highest BCUT2D eigenvalue weighted by Gasteiger charge is 2.31. The molecule has 2 unspecified atom stereocenters. The van der Waals surface area contributed by atoms with Crippen LogP contribution in [0, 0.1) is 15.9 Å². The number of nitro groups is 1. The Balaban J connectivity index is 2.33. The van der Waals surface area contributed by atoms with Crippen LogP contribution >= 0.6 is 0 Å². The highest BCUT2D eigenvalue weighted by Crippen LogP contribution is 2.25. The normalized spacial score (nSPS) is 22.6. The highest BCUT2D eigenvalue weighted by atomic mass is 19.1. The molecule has 2 atom stereocenters. The Bertz CT molecular complexity index is 550. The van der Waals surface area contributed by atoms with E-state index in [0.717, 1.165) is 18.2 Å². The van der Waals surface area contributed by atoms with E-state index in [1.54, 1.807) is 0 Å². The van der Waals surface area contributed by atoms with E-state index in [2.05, 4.69) is 0 Å². The largest absolute Gasteiger partial charge is 0.336 e. The molecule has 0 bridgehead atoms. The first-order chi connectivity index (χ1) is 9.40. The quantitative estimate of drug-likeness (QED) is 0.659. The second-order valence-electron chi connectivity index (χ2n) is 5.05. The predicted molar refractivity (Wildman–Crippen MR) is 70.8 cm³/mol. The first-order valence-corrected chi connectivity index (χ1v) is 6.40. The summed E-state index contributed by atoms with van der Waals surface area (Å²) < 4.78 is 13.3. The van der Waals surface area contributed by atoms with Crippen molar-refractivity contribution in [2.24, 2.45) is 5.73 Å². The Morgan fingerprint density at radius 1 is 1.55 bits per heavy atom. The Morgan fingerprint density at radius 3 is 2.85 bits per heavy atom. The van der Waals surface area contributed by atoms with Crippen LogP contribution in [0.25, 0.3) is 0 Å². The molecule has 2 N–H and O–H groups in total. The molecule has 1 aliphatic rings. The summed E-state index contributed by atoms with van der Waals surface area (Å²) in [5.41, 5.74) is 5.24. The van der Waals surface area contributed by atoms with E-state index in [1.165, 1.54) is 4.90 Å². The van der Waals surface area contributed by atoms with E-state index < -0.39 is 16.6 Å². The summed E-state index contributed by atoms with van der Waals surface area (Å²) >= 11 is 0. The lowest BCUT2D eigenvalue weighted by Gasteiger charge is -2.36. The maximum absolute atomic E-state index is 13.3. The van der Waals surface area contributed by atoms with Gasteiger partial charge in [0.2, 0.25) is 0 Å². The fourth-order valence-electron chi connectivity index (χ4n) is 2.50. The third kappa shape index (κ3) is 2.77. The minimum absolute atomic E-state index is 0.0246. The van der Waals surface area contributed by atoms with Gasteiger partial charge in [-0.05, 0) is 31.9 Å².